The third-order valence-corrected chi connectivity index (χ3v) is 5.78. The molecule has 1 unspecified atom stereocenters. The van der Waals surface area contributed by atoms with E-state index < -0.39 is 21.0 Å². The lowest BCUT2D eigenvalue weighted by Gasteiger charge is -2.44. The van der Waals surface area contributed by atoms with Gasteiger partial charge in [0, 0.05) is 0 Å². The average molecular weight is 233 g/mol. The summed E-state index contributed by atoms with van der Waals surface area (Å²) in [4.78, 5) is 0. The number of rotatable bonds is 1. The van der Waals surface area contributed by atoms with E-state index in [4.69, 9.17) is 5.73 Å². The highest BCUT2D eigenvalue weighted by atomic mass is 32.2. The minimum absolute atomic E-state index is 0.0451. The maximum atomic E-state index is 11.6. The second-order valence-electron chi connectivity index (χ2n) is 5.09. The van der Waals surface area contributed by atoms with E-state index in [0.717, 1.165) is 12.8 Å². The van der Waals surface area contributed by atoms with Crippen LogP contribution in [-0.2, 0) is 9.84 Å². The van der Waals surface area contributed by atoms with Crippen molar-refractivity contribution in [1.29, 1.82) is 0 Å². The van der Waals surface area contributed by atoms with Gasteiger partial charge < -0.3 is 10.8 Å². The molecule has 1 saturated heterocycles. The highest BCUT2D eigenvalue weighted by molar-refractivity contribution is 7.91. The van der Waals surface area contributed by atoms with Crippen molar-refractivity contribution in [2.24, 2.45) is 5.73 Å². The fourth-order valence-electron chi connectivity index (χ4n) is 2.97. The molecule has 0 aromatic rings. The Labute approximate surface area is 90.8 Å². The van der Waals surface area contributed by atoms with E-state index in [-0.39, 0.29) is 11.5 Å². The monoisotopic (exact) mass is 233 g/mol. The SMILES string of the molecule is NC1(C2(O)CCCC2)CCCS(=O)(=O)C1. The Morgan fingerprint density at radius 3 is 2.20 bits per heavy atom. The van der Waals surface area contributed by atoms with Crippen molar-refractivity contribution in [3.8, 4) is 0 Å². The molecule has 1 atom stereocenters. The summed E-state index contributed by atoms with van der Waals surface area (Å²) in [6, 6.07) is 0. The first-order valence-corrected chi connectivity index (χ1v) is 7.41. The molecule has 2 aliphatic rings. The van der Waals surface area contributed by atoms with Gasteiger partial charge in [0.05, 0.1) is 22.6 Å². The summed E-state index contributed by atoms with van der Waals surface area (Å²) in [6.07, 6.45) is 4.42. The number of aliphatic hydroxyl groups is 1. The minimum Gasteiger partial charge on any atom is -0.388 e. The van der Waals surface area contributed by atoms with Crippen molar-refractivity contribution in [2.45, 2.75) is 49.7 Å². The summed E-state index contributed by atoms with van der Waals surface area (Å²) >= 11 is 0. The van der Waals surface area contributed by atoms with Gasteiger partial charge in [0.25, 0.3) is 0 Å². The standard InChI is InChI=1S/C10H19NO3S/c11-9(10(12)5-1-2-6-10)4-3-7-15(13,14)8-9/h12H,1-8,11H2. The van der Waals surface area contributed by atoms with Crippen LogP contribution in [0.4, 0.5) is 0 Å². The summed E-state index contributed by atoms with van der Waals surface area (Å²) in [5, 5.41) is 10.4. The van der Waals surface area contributed by atoms with E-state index >= 15 is 0 Å². The molecular weight excluding hydrogens is 214 g/mol. The van der Waals surface area contributed by atoms with Gasteiger partial charge in [-0.15, -0.1) is 0 Å². The second-order valence-corrected chi connectivity index (χ2v) is 7.27. The molecule has 0 amide bonds. The van der Waals surface area contributed by atoms with Gasteiger partial charge in [-0.1, -0.05) is 12.8 Å². The lowest BCUT2D eigenvalue weighted by molar-refractivity contribution is -0.0262. The van der Waals surface area contributed by atoms with Gasteiger partial charge in [-0.05, 0) is 25.7 Å². The van der Waals surface area contributed by atoms with E-state index in [2.05, 4.69) is 0 Å². The van der Waals surface area contributed by atoms with Crippen LogP contribution in [0.3, 0.4) is 0 Å². The average Bonchev–Trinajstić information content (AvgIpc) is 2.51. The number of hydrogen-bond donors (Lipinski definition) is 2. The highest BCUT2D eigenvalue weighted by Crippen LogP contribution is 2.41. The number of hydrogen-bond acceptors (Lipinski definition) is 4. The molecule has 2 fully saturated rings. The van der Waals surface area contributed by atoms with Crippen LogP contribution < -0.4 is 5.73 Å². The fraction of sp³-hybridized carbons (Fsp3) is 1.00. The van der Waals surface area contributed by atoms with Crippen molar-refractivity contribution in [1.82, 2.24) is 0 Å². The molecule has 1 saturated carbocycles. The zero-order chi connectivity index (χ0) is 11.2. The Kier molecular flexibility index (Phi) is 2.60. The summed E-state index contributed by atoms with van der Waals surface area (Å²) in [5.74, 6) is 0.179. The molecular formula is C10H19NO3S. The Morgan fingerprint density at radius 1 is 1.07 bits per heavy atom. The number of nitrogens with two attached hydrogens (primary N) is 1. The molecule has 0 aromatic heterocycles. The molecule has 15 heavy (non-hydrogen) atoms. The van der Waals surface area contributed by atoms with Gasteiger partial charge in [0.15, 0.2) is 9.84 Å². The van der Waals surface area contributed by atoms with E-state index in [1.807, 2.05) is 0 Å². The van der Waals surface area contributed by atoms with Crippen molar-refractivity contribution >= 4 is 9.84 Å². The largest absolute Gasteiger partial charge is 0.388 e. The van der Waals surface area contributed by atoms with Gasteiger partial charge in [-0.3, -0.25) is 0 Å². The zero-order valence-corrected chi connectivity index (χ0v) is 9.72. The van der Waals surface area contributed by atoms with Crippen LogP contribution in [0.2, 0.25) is 0 Å². The van der Waals surface area contributed by atoms with Crippen LogP contribution in [-0.4, -0.2) is 36.2 Å². The van der Waals surface area contributed by atoms with Gasteiger partial charge in [-0.25, -0.2) is 8.42 Å². The van der Waals surface area contributed by atoms with Crippen LogP contribution in [0.15, 0.2) is 0 Å². The molecule has 88 valence electrons. The molecule has 3 N–H and O–H groups in total. The first-order valence-electron chi connectivity index (χ1n) is 5.59. The normalized spacial score (nSPS) is 39.1. The Morgan fingerprint density at radius 2 is 1.67 bits per heavy atom. The Bertz CT molecular complexity index is 346. The molecule has 0 radical (unpaired) electrons. The third-order valence-electron chi connectivity index (χ3n) is 3.91. The topological polar surface area (TPSA) is 80.4 Å². The van der Waals surface area contributed by atoms with Crippen LogP contribution >= 0.6 is 0 Å². The highest BCUT2D eigenvalue weighted by Gasteiger charge is 2.52. The van der Waals surface area contributed by atoms with E-state index in [1.165, 1.54) is 0 Å². The quantitative estimate of drug-likeness (QED) is 0.678. The molecule has 0 aromatic carbocycles. The molecule has 4 nitrogen and oxygen atoms in total. The van der Waals surface area contributed by atoms with Crippen molar-refractivity contribution in [3.05, 3.63) is 0 Å². The van der Waals surface area contributed by atoms with Crippen LogP contribution in [0.1, 0.15) is 38.5 Å². The Balaban J connectivity index is 2.25. The van der Waals surface area contributed by atoms with E-state index in [9.17, 15) is 13.5 Å². The molecule has 1 heterocycles. The summed E-state index contributed by atoms with van der Waals surface area (Å²) in [7, 11) is -3.05. The van der Waals surface area contributed by atoms with E-state index in [0.29, 0.717) is 25.7 Å². The van der Waals surface area contributed by atoms with Gasteiger partial charge in [0.1, 0.15) is 0 Å². The molecule has 0 bridgehead atoms. The smallest absolute Gasteiger partial charge is 0.152 e. The molecule has 0 spiro atoms. The lowest BCUT2D eigenvalue weighted by Crippen LogP contribution is -2.64. The Hall–Kier alpha value is -0.130. The lowest BCUT2D eigenvalue weighted by atomic mass is 9.77. The predicted octanol–water partition coefficient (Wildman–Crippen LogP) is 0.198. The summed E-state index contributed by atoms with van der Waals surface area (Å²) < 4.78 is 23.1. The zero-order valence-electron chi connectivity index (χ0n) is 8.91. The molecule has 1 aliphatic heterocycles. The second kappa shape index (κ2) is 3.43. The van der Waals surface area contributed by atoms with Gasteiger partial charge in [0.2, 0.25) is 0 Å². The first-order chi connectivity index (χ1) is 6.87. The van der Waals surface area contributed by atoms with Crippen molar-refractivity contribution in [2.75, 3.05) is 11.5 Å². The molecule has 5 heteroatoms. The molecule has 2 rings (SSSR count). The van der Waals surface area contributed by atoms with Gasteiger partial charge in [-0.2, -0.15) is 0 Å². The van der Waals surface area contributed by atoms with Gasteiger partial charge >= 0.3 is 0 Å². The number of sulfone groups is 1. The van der Waals surface area contributed by atoms with Crippen LogP contribution in [0.25, 0.3) is 0 Å². The molecule has 1 aliphatic carbocycles. The van der Waals surface area contributed by atoms with Crippen molar-refractivity contribution < 1.29 is 13.5 Å². The minimum atomic E-state index is -3.05. The maximum Gasteiger partial charge on any atom is 0.152 e. The fourth-order valence-corrected chi connectivity index (χ4v) is 4.90. The van der Waals surface area contributed by atoms with Crippen LogP contribution in [0.5, 0.6) is 0 Å². The van der Waals surface area contributed by atoms with E-state index in [1.54, 1.807) is 0 Å². The van der Waals surface area contributed by atoms with Crippen molar-refractivity contribution in [3.63, 3.8) is 0 Å². The summed E-state index contributed by atoms with van der Waals surface area (Å²) in [5.41, 5.74) is 4.30. The maximum absolute atomic E-state index is 11.6. The summed E-state index contributed by atoms with van der Waals surface area (Å²) in [6.45, 7) is 0. The van der Waals surface area contributed by atoms with Crippen LogP contribution in [0, 0.1) is 0 Å². The predicted molar refractivity (Wildman–Crippen MR) is 58.2 cm³/mol. The third kappa shape index (κ3) is 1.92. The first kappa shape index (κ1) is 11.4.